The first-order valence-electron chi connectivity index (χ1n) is 4.29. The maximum atomic E-state index is 13.1. The molecule has 0 spiro atoms. The molecule has 1 aromatic rings. The molecule has 78 valence electrons. The fraction of sp³-hybridized carbons (Fsp3) is 0.400. The molecule has 0 amide bonds. The van der Waals surface area contributed by atoms with Crippen LogP contribution in [0.25, 0.3) is 0 Å². The Morgan fingerprint density at radius 3 is 2.57 bits per heavy atom. The van der Waals surface area contributed by atoms with Gasteiger partial charge in [0.15, 0.2) is 0 Å². The van der Waals surface area contributed by atoms with Crippen LogP contribution in [0.2, 0.25) is 0 Å². The minimum absolute atomic E-state index is 0.134. The van der Waals surface area contributed by atoms with Crippen LogP contribution in [-0.2, 0) is 6.42 Å². The van der Waals surface area contributed by atoms with Gasteiger partial charge >= 0.3 is 0 Å². The number of rotatable bonds is 3. The van der Waals surface area contributed by atoms with Crippen molar-refractivity contribution < 1.29 is 13.2 Å². The summed E-state index contributed by atoms with van der Waals surface area (Å²) in [6.45, 7) is 1.77. The Balaban J connectivity index is 2.80. The Bertz CT molecular complexity index is 312. The van der Waals surface area contributed by atoms with E-state index in [-0.39, 0.29) is 12.0 Å². The second kappa shape index (κ2) is 4.46. The van der Waals surface area contributed by atoms with Gasteiger partial charge in [-0.1, -0.05) is 17.7 Å². The van der Waals surface area contributed by atoms with Gasteiger partial charge in [-0.15, -0.1) is 0 Å². The topological polar surface area (TPSA) is 26.0 Å². The zero-order valence-electron chi connectivity index (χ0n) is 7.81. The standard InChI is InChI=1S/C10H12F3N/c1-6-2-3-8(11)7(4-6)5-9(14)10(12)13/h2-4,9-10H,5,14H2,1H3. The van der Waals surface area contributed by atoms with Crippen LogP contribution in [-0.4, -0.2) is 12.5 Å². The highest BCUT2D eigenvalue weighted by atomic mass is 19.3. The molecule has 2 N–H and O–H groups in total. The van der Waals surface area contributed by atoms with E-state index in [1.165, 1.54) is 12.1 Å². The second-order valence-electron chi connectivity index (χ2n) is 3.30. The van der Waals surface area contributed by atoms with Crippen molar-refractivity contribution in [3.05, 3.63) is 35.1 Å². The van der Waals surface area contributed by atoms with E-state index < -0.39 is 18.3 Å². The van der Waals surface area contributed by atoms with Gasteiger partial charge in [-0.3, -0.25) is 0 Å². The van der Waals surface area contributed by atoms with E-state index in [1.807, 2.05) is 0 Å². The Morgan fingerprint density at radius 2 is 2.00 bits per heavy atom. The van der Waals surface area contributed by atoms with Gasteiger partial charge in [-0.2, -0.15) is 0 Å². The van der Waals surface area contributed by atoms with E-state index in [0.29, 0.717) is 0 Å². The van der Waals surface area contributed by atoms with Crippen LogP contribution in [0.15, 0.2) is 18.2 Å². The van der Waals surface area contributed by atoms with Crippen molar-refractivity contribution in [3.63, 3.8) is 0 Å². The summed E-state index contributed by atoms with van der Waals surface area (Å²) in [5.41, 5.74) is 6.23. The monoisotopic (exact) mass is 203 g/mol. The molecule has 0 fully saturated rings. The molecule has 0 radical (unpaired) electrons. The van der Waals surface area contributed by atoms with Gasteiger partial charge < -0.3 is 5.73 Å². The summed E-state index contributed by atoms with van der Waals surface area (Å²) in [6, 6.07) is 3.10. The molecule has 0 bridgehead atoms. The lowest BCUT2D eigenvalue weighted by atomic mass is 10.0. The first-order valence-corrected chi connectivity index (χ1v) is 4.29. The maximum absolute atomic E-state index is 13.1. The van der Waals surface area contributed by atoms with Crippen LogP contribution >= 0.6 is 0 Å². The summed E-state index contributed by atoms with van der Waals surface area (Å²) in [5, 5.41) is 0. The molecule has 1 unspecified atom stereocenters. The molecular weight excluding hydrogens is 191 g/mol. The maximum Gasteiger partial charge on any atom is 0.253 e. The molecule has 0 aliphatic carbocycles. The third kappa shape index (κ3) is 2.73. The average molecular weight is 203 g/mol. The summed E-state index contributed by atoms with van der Waals surface area (Å²) < 4.78 is 37.3. The number of halogens is 3. The lowest BCUT2D eigenvalue weighted by Crippen LogP contribution is -2.31. The molecule has 0 saturated carbocycles. The van der Waals surface area contributed by atoms with Crippen molar-refractivity contribution in [1.29, 1.82) is 0 Å². The number of nitrogens with two attached hydrogens (primary N) is 1. The molecule has 0 saturated heterocycles. The Hall–Kier alpha value is -1.03. The van der Waals surface area contributed by atoms with Crippen LogP contribution in [0, 0.1) is 12.7 Å². The minimum Gasteiger partial charge on any atom is -0.323 e. The summed E-state index contributed by atoms with van der Waals surface area (Å²) in [6.07, 6.45) is -2.75. The Kier molecular flexibility index (Phi) is 3.52. The van der Waals surface area contributed by atoms with Crippen molar-refractivity contribution in [2.75, 3.05) is 0 Å². The zero-order valence-corrected chi connectivity index (χ0v) is 7.81. The van der Waals surface area contributed by atoms with Gasteiger partial charge in [0.25, 0.3) is 6.43 Å². The normalized spacial score (nSPS) is 13.3. The van der Waals surface area contributed by atoms with Crippen LogP contribution in [0.4, 0.5) is 13.2 Å². The molecule has 0 aliphatic rings. The number of hydrogen-bond acceptors (Lipinski definition) is 1. The third-order valence-electron chi connectivity index (χ3n) is 1.98. The number of benzene rings is 1. The summed E-state index contributed by atoms with van der Waals surface area (Å²) >= 11 is 0. The van der Waals surface area contributed by atoms with Gasteiger partial charge in [0.1, 0.15) is 5.82 Å². The van der Waals surface area contributed by atoms with Crippen molar-refractivity contribution in [3.8, 4) is 0 Å². The van der Waals surface area contributed by atoms with E-state index in [4.69, 9.17) is 5.73 Å². The number of alkyl halides is 2. The molecule has 1 aromatic carbocycles. The SMILES string of the molecule is Cc1ccc(F)c(CC(N)C(F)F)c1. The molecule has 14 heavy (non-hydrogen) atoms. The van der Waals surface area contributed by atoms with Crippen molar-refractivity contribution >= 4 is 0 Å². The Morgan fingerprint density at radius 1 is 1.36 bits per heavy atom. The highest BCUT2D eigenvalue weighted by Crippen LogP contribution is 2.13. The summed E-state index contributed by atoms with van der Waals surface area (Å²) in [7, 11) is 0. The molecule has 1 atom stereocenters. The second-order valence-corrected chi connectivity index (χ2v) is 3.30. The van der Waals surface area contributed by atoms with Crippen molar-refractivity contribution in [2.24, 2.45) is 5.73 Å². The average Bonchev–Trinajstić information content (AvgIpc) is 2.11. The quantitative estimate of drug-likeness (QED) is 0.801. The fourth-order valence-electron chi connectivity index (χ4n) is 1.20. The van der Waals surface area contributed by atoms with Crippen LogP contribution in [0.5, 0.6) is 0 Å². The minimum atomic E-state index is -2.62. The lowest BCUT2D eigenvalue weighted by Gasteiger charge is -2.11. The van der Waals surface area contributed by atoms with Crippen LogP contribution in [0.3, 0.4) is 0 Å². The highest BCUT2D eigenvalue weighted by molar-refractivity contribution is 5.24. The van der Waals surface area contributed by atoms with Gasteiger partial charge in [0.2, 0.25) is 0 Å². The van der Waals surface area contributed by atoms with E-state index in [2.05, 4.69) is 0 Å². The molecule has 0 aliphatic heterocycles. The predicted molar refractivity (Wildman–Crippen MR) is 48.8 cm³/mol. The van der Waals surface area contributed by atoms with Crippen LogP contribution < -0.4 is 5.73 Å². The van der Waals surface area contributed by atoms with Gasteiger partial charge in [0, 0.05) is 0 Å². The van der Waals surface area contributed by atoms with Crippen LogP contribution in [0.1, 0.15) is 11.1 Å². The molecule has 0 aromatic heterocycles. The molecular formula is C10H12F3N. The predicted octanol–water partition coefficient (Wildman–Crippen LogP) is 2.27. The van der Waals surface area contributed by atoms with Gasteiger partial charge in [-0.05, 0) is 25.0 Å². The summed E-state index contributed by atoms with van der Waals surface area (Å²) in [5.74, 6) is -0.480. The molecule has 1 rings (SSSR count). The lowest BCUT2D eigenvalue weighted by molar-refractivity contribution is 0.115. The molecule has 0 heterocycles. The summed E-state index contributed by atoms with van der Waals surface area (Å²) in [4.78, 5) is 0. The molecule has 4 heteroatoms. The number of hydrogen-bond donors (Lipinski definition) is 1. The van der Waals surface area contributed by atoms with E-state index in [0.717, 1.165) is 5.56 Å². The first-order chi connectivity index (χ1) is 6.50. The van der Waals surface area contributed by atoms with E-state index in [9.17, 15) is 13.2 Å². The third-order valence-corrected chi connectivity index (χ3v) is 1.98. The van der Waals surface area contributed by atoms with Gasteiger partial charge in [-0.25, -0.2) is 13.2 Å². The first kappa shape index (κ1) is 11.0. The number of aryl methyl sites for hydroxylation is 1. The van der Waals surface area contributed by atoms with Crippen molar-refractivity contribution in [1.82, 2.24) is 0 Å². The highest BCUT2D eigenvalue weighted by Gasteiger charge is 2.17. The zero-order chi connectivity index (χ0) is 10.7. The fourth-order valence-corrected chi connectivity index (χ4v) is 1.20. The van der Waals surface area contributed by atoms with E-state index in [1.54, 1.807) is 13.0 Å². The van der Waals surface area contributed by atoms with E-state index >= 15 is 0 Å². The smallest absolute Gasteiger partial charge is 0.253 e. The molecule has 1 nitrogen and oxygen atoms in total. The Labute approximate surface area is 80.7 Å². The largest absolute Gasteiger partial charge is 0.323 e. The van der Waals surface area contributed by atoms with Gasteiger partial charge in [0.05, 0.1) is 6.04 Å². The van der Waals surface area contributed by atoms with Crippen molar-refractivity contribution in [2.45, 2.75) is 25.8 Å².